The minimum Gasteiger partial charge on any atom is -0.494 e. The molecule has 4 aromatic rings. The highest BCUT2D eigenvalue weighted by molar-refractivity contribution is 14.2. The summed E-state index contributed by atoms with van der Waals surface area (Å²) in [6.07, 6.45) is -0.119. The maximum Gasteiger partial charge on any atom is 0.338 e. The van der Waals surface area contributed by atoms with E-state index in [0.717, 1.165) is 0 Å². The Morgan fingerprint density at radius 3 is 1.82 bits per heavy atom. The molecule has 0 aromatic heterocycles. The van der Waals surface area contributed by atoms with Gasteiger partial charge in [-0.15, -0.1) is 0 Å². The highest BCUT2D eigenvalue weighted by Gasteiger charge is 2.18. The second-order valence-corrected chi connectivity index (χ2v) is 14.2. The number of methoxy groups -OCH3 is 2. The van der Waals surface area contributed by atoms with Crippen molar-refractivity contribution in [2.75, 3.05) is 26.6 Å². The zero-order chi connectivity index (χ0) is 35.8. The average Bonchev–Trinajstić information content (AvgIpc) is 3.09. The predicted octanol–water partition coefficient (Wildman–Crippen LogP) is 10.2. The van der Waals surface area contributed by atoms with Crippen molar-refractivity contribution < 1.29 is 46.3 Å². The summed E-state index contributed by atoms with van der Waals surface area (Å²) in [4.78, 5) is 12.7. The Bertz CT molecular complexity index is 1570. The number of carbonyl (C=O) groups excluding carboxylic acids is 1. The average molecular weight is 829 g/mol. The number of ether oxygens (including phenoxy) is 5. The second-order valence-electron chi connectivity index (χ2n) is 10.1. The number of carbonyl (C=O) groups is 1. The fourth-order valence-electron chi connectivity index (χ4n) is 4.16. The monoisotopic (exact) mass is 828 g/mol. The molecule has 0 amide bonds. The predicted molar refractivity (Wildman–Crippen MR) is 199 cm³/mol. The molecule has 0 spiro atoms. The van der Waals surface area contributed by atoms with Gasteiger partial charge >= 0.3 is 5.97 Å². The molecule has 0 unspecified atom stereocenters. The van der Waals surface area contributed by atoms with Crippen molar-refractivity contribution in [3.63, 3.8) is 0 Å². The first kappa shape index (κ1) is 40.3. The third-order valence-corrected chi connectivity index (χ3v) is 9.38. The van der Waals surface area contributed by atoms with Gasteiger partial charge in [-0.25, -0.2) is 13.6 Å². The van der Waals surface area contributed by atoms with E-state index in [2.05, 4.69) is 21.2 Å². The van der Waals surface area contributed by atoms with Crippen LogP contribution in [0.15, 0.2) is 78.9 Å². The van der Waals surface area contributed by atoms with E-state index in [1.165, 1.54) is 38.5 Å². The van der Waals surface area contributed by atoms with Gasteiger partial charge in [-0.3, -0.25) is 0 Å². The smallest absolute Gasteiger partial charge is 0.338 e. The molecule has 0 bridgehead atoms. The molecule has 264 valence electrons. The van der Waals surface area contributed by atoms with E-state index in [1.54, 1.807) is 63.5 Å². The lowest BCUT2D eigenvalue weighted by molar-refractivity contribution is 0.0529. The molecule has 0 fully saturated rings. The lowest BCUT2D eigenvalue weighted by atomic mass is 10.2. The van der Waals surface area contributed by atoms with Crippen LogP contribution in [0.3, 0.4) is 0 Å². The molecule has 13 heteroatoms. The Morgan fingerprint density at radius 2 is 1.33 bits per heavy atom. The van der Waals surface area contributed by atoms with Gasteiger partial charge in [0.15, 0.2) is 23.1 Å². The first-order valence-electron chi connectivity index (χ1n) is 15.4. The van der Waals surface area contributed by atoms with Crippen molar-refractivity contribution in [3.8, 4) is 28.7 Å². The molecule has 0 atom stereocenters. The van der Waals surface area contributed by atoms with Crippen LogP contribution >= 0.6 is 38.5 Å². The Balaban J connectivity index is 0.00000319. The molecule has 0 saturated heterocycles. The van der Waals surface area contributed by atoms with Crippen molar-refractivity contribution in [1.82, 2.24) is 0 Å². The molecule has 0 N–H and O–H groups in total. The number of halogens is 3. The first-order valence-corrected chi connectivity index (χ1v) is 20.1. The Hall–Kier alpha value is -3.16. The van der Waals surface area contributed by atoms with Crippen molar-refractivity contribution in [2.45, 2.75) is 47.0 Å². The molecule has 0 aliphatic heterocycles. The topological polar surface area (TPSA) is 81.7 Å². The van der Waals surface area contributed by atoms with Gasteiger partial charge in [0.2, 0.25) is 8.38 Å². The van der Waals surface area contributed by atoms with Crippen LogP contribution in [0, 0.1) is 11.6 Å². The van der Waals surface area contributed by atoms with E-state index >= 15 is 0 Å². The minimum absolute atomic E-state index is 0.0554. The highest BCUT2D eigenvalue weighted by atomic mass is 127. The standard InChI is InChI=1S/C34H34F2IO8PS.C2H6/c1-22(2)44-27-17-25(34(38)41-13-14-47-37)18-28(19-27)45-26-7-9-29(10-8-26)46(42-20-23-5-11-32(39-3)30(35)15-23)43-21-24-6-12-33(40-4)31(36)16-24;1-2/h5-12,15-19,22H,13-14,20-21H2,1-4H3;1-2H3. The van der Waals surface area contributed by atoms with Gasteiger partial charge in [0.1, 0.15) is 23.9 Å². The summed E-state index contributed by atoms with van der Waals surface area (Å²) in [6, 6.07) is 21.1. The van der Waals surface area contributed by atoms with Crippen LogP contribution in [-0.4, -0.2) is 38.7 Å². The van der Waals surface area contributed by atoms with Gasteiger partial charge in [-0.05, 0) is 107 Å². The Kier molecular flexibility index (Phi) is 17.4. The molecule has 0 saturated carbocycles. The molecule has 49 heavy (non-hydrogen) atoms. The lowest BCUT2D eigenvalue weighted by Gasteiger charge is -2.19. The van der Waals surface area contributed by atoms with Gasteiger partial charge in [0, 0.05) is 17.1 Å². The van der Waals surface area contributed by atoms with Gasteiger partial charge in [-0.1, -0.05) is 34.9 Å². The van der Waals surface area contributed by atoms with Crippen molar-refractivity contribution in [2.24, 2.45) is 0 Å². The van der Waals surface area contributed by atoms with E-state index < -0.39 is 26.0 Å². The second kappa shape index (κ2) is 21.1. The van der Waals surface area contributed by atoms with Gasteiger partial charge in [0.05, 0.1) is 39.1 Å². The van der Waals surface area contributed by atoms with Gasteiger partial charge < -0.3 is 32.7 Å². The van der Waals surface area contributed by atoms with E-state index in [0.29, 0.717) is 45.0 Å². The summed E-state index contributed by atoms with van der Waals surface area (Å²) < 4.78 is 68.2. The van der Waals surface area contributed by atoms with E-state index in [-0.39, 0.29) is 37.4 Å². The van der Waals surface area contributed by atoms with Crippen LogP contribution in [0.1, 0.15) is 49.2 Å². The largest absolute Gasteiger partial charge is 0.494 e. The molecular formula is C36H40F2IO8PS. The van der Waals surface area contributed by atoms with Crippen LogP contribution in [0.2, 0.25) is 0 Å². The number of rotatable bonds is 17. The minimum atomic E-state index is -1.70. The van der Waals surface area contributed by atoms with Crippen LogP contribution in [0.25, 0.3) is 0 Å². The normalized spacial score (nSPS) is 10.8. The quantitative estimate of drug-likeness (QED) is 0.0447. The number of esters is 1. The third kappa shape index (κ3) is 12.9. The fourth-order valence-corrected chi connectivity index (χ4v) is 6.15. The van der Waals surface area contributed by atoms with Gasteiger partial charge in [0.25, 0.3) is 0 Å². The maximum atomic E-state index is 14.3. The summed E-state index contributed by atoms with van der Waals surface area (Å²) in [6.45, 7) is 8.17. The summed E-state index contributed by atoms with van der Waals surface area (Å²) in [7, 11) is 2.65. The van der Waals surface area contributed by atoms with Crippen molar-refractivity contribution >= 4 is 49.8 Å². The molecule has 8 nitrogen and oxygen atoms in total. The highest BCUT2D eigenvalue weighted by Crippen LogP contribution is 2.41. The number of hydrogen-bond acceptors (Lipinski definition) is 9. The summed E-state index contributed by atoms with van der Waals surface area (Å²) >= 11 is 2.15. The van der Waals surface area contributed by atoms with E-state index in [1.807, 2.05) is 27.7 Å². The third-order valence-electron chi connectivity index (χ3n) is 6.29. The zero-order valence-electron chi connectivity index (χ0n) is 28.2. The molecule has 4 aromatic carbocycles. The molecule has 0 aliphatic rings. The summed E-state index contributed by atoms with van der Waals surface area (Å²) in [5.41, 5.74) is 1.48. The maximum absolute atomic E-state index is 14.3. The van der Waals surface area contributed by atoms with Crippen LogP contribution in [0.5, 0.6) is 28.7 Å². The van der Waals surface area contributed by atoms with Crippen LogP contribution in [0.4, 0.5) is 8.78 Å². The van der Waals surface area contributed by atoms with E-state index in [9.17, 15) is 13.6 Å². The van der Waals surface area contributed by atoms with Crippen molar-refractivity contribution in [3.05, 3.63) is 107 Å². The Labute approximate surface area is 304 Å². The van der Waals surface area contributed by atoms with Crippen LogP contribution < -0.4 is 24.3 Å². The molecule has 0 radical (unpaired) electrons. The number of benzene rings is 4. The van der Waals surface area contributed by atoms with Gasteiger partial charge in [-0.2, -0.15) is 0 Å². The van der Waals surface area contributed by atoms with Crippen LogP contribution in [-0.2, 0) is 27.0 Å². The number of hydrogen-bond donors (Lipinski definition) is 0. The summed E-state index contributed by atoms with van der Waals surface area (Å²) in [5, 5.41) is 0.699. The van der Waals surface area contributed by atoms with Crippen molar-refractivity contribution in [1.29, 1.82) is 0 Å². The molecule has 0 heterocycles. The first-order chi connectivity index (χ1) is 23.7. The SMILES string of the molecule is CC.COc1ccc(COP(OCc2ccc(OC)c(F)c2)c2ccc(Oc3cc(OC(C)C)cc(C(=O)OCCSI)c3)cc2)cc1F. The molecule has 0 aliphatic carbocycles. The summed E-state index contributed by atoms with van der Waals surface area (Å²) in [5.74, 6) is 0.798. The molecular weight excluding hydrogens is 788 g/mol. The van der Waals surface area contributed by atoms with E-state index in [4.69, 9.17) is 32.7 Å². The Morgan fingerprint density at radius 1 is 0.776 bits per heavy atom. The fraction of sp³-hybridized carbons (Fsp3) is 0.306. The molecule has 4 rings (SSSR count). The lowest BCUT2D eigenvalue weighted by Crippen LogP contribution is -2.10. The zero-order valence-corrected chi connectivity index (χ0v) is 32.0.